The van der Waals surface area contributed by atoms with E-state index in [1.54, 1.807) is 12.1 Å². The van der Waals surface area contributed by atoms with Crippen molar-refractivity contribution in [3.63, 3.8) is 0 Å². The van der Waals surface area contributed by atoms with Crippen LogP contribution in [0.3, 0.4) is 0 Å². The maximum atomic E-state index is 12.0. The van der Waals surface area contributed by atoms with E-state index < -0.39 is 0 Å². The fourth-order valence-electron chi connectivity index (χ4n) is 1.80. The predicted octanol–water partition coefficient (Wildman–Crippen LogP) is 1.46. The molecule has 1 unspecified atom stereocenters. The van der Waals surface area contributed by atoms with Crippen molar-refractivity contribution in [3.8, 4) is 0 Å². The highest BCUT2D eigenvalue weighted by atomic mass is 16.3. The van der Waals surface area contributed by atoms with E-state index in [1.165, 1.54) is 0 Å². The lowest BCUT2D eigenvalue weighted by molar-refractivity contribution is -0.120. The first-order valence-electron chi connectivity index (χ1n) is 7.50. The van der Waals surface area contributed by atoms with Gasteiger partial charge in [0.2, 0.25) is 5.91 Å². The zero-order valence-electron chi connectivity index (χ0n) is 13.8. The smallest absolute Gasteiger partial charge is 0.251 e. The number of carbonyl (C=O) groups excluding carboxylic acids is 2. The largest absolute Gasteiger partial charge is 0.396 e. The minimum absolute atomic E-state index is 0.00425. The summed E-state index contributed by atoms with van der Waals surface area (Å²) < 4.78 is 0. The Balaban J connectivity index is 2.47. The summed E-state index contributed by atoms with van der Waals surface area (Å²) in [5, 5.41) is 14.1. The molecular formula is C17H26N2O3. The molecular weight excluding hydrogens is 280 g/mol. The van der Waals surface area contributed by atoms with Crippen LogP contribution in [0.5, 0.6) is 0 Å². The van der Waals surface area contributed by atoms with Crippen LogP contribution in [0.1, 0.15) is 43.6 Å². The Hall–Kier alpha value is -1.88. The molecule has 0 aliphatic carbocycles. The lowest BCUT2D eigenvalue weighted by atomic mass is 9.87. The van der Waals surface area contributed by atoms with E-state index in [-0.39, 0.29) is 36.3 Å². The minimum Gasteiger partial charge on any atom is -0.396 e. The molecule has 0 fully saturated rings. The molecule has 0 saturated carbocycles. The highest BCUT2D eigenvalue weighted by Crippen LogP contribution is 2.22. The van der Waals surface area contributed by atoms with E-state index in [4.69, 9.17) is 5.11 Å². The van der Waals surface area contributed by atoms with Crippen molar-refractivity contribution in [2.24, 2.45) is 5.92 Å². The van der Waals surface area contributed by atoms with Gasteiger partial charge in [-0.2, -0.15) is 0 Å². The molecule has 2 amide bonds. The summed E-state index contributed by atoms with van der Waals surface area (Å²) in [6.07, 6.45) is 0. The molecule has 122 valence electrons. The molecule has 0 saturated heterocycles. The number of rotatable bonds is 6. The van der Waals surface area contributed by atoms with E-state index in [9.17, 15) is 9.59 Å². The number of amides is 2. The molecule has 1 rings (SSSR count). The summed E-state index contributed by atoms with van der Waals surface area (Å²) in [7, 11) is 0. The van der Waals surface area contributed by atoms with Crippen LogP contribution < -0.4 is 10.6 Å². The molecule has 1 aromatic rings. The monoisotopic (exact) mass is 306 g/mol. The Labute approximate surface area is 132 Å². The van der Waals surface area contributed by atoms with E-state index in [2.05, 4.69) is 31.4 Å². The van der Waals surface area contributed by atoms with Crippen molar-refractivity contribution in [1.82, 2.24) is 10.6 Å². The second-order valence-corrected chi connectivity index (χ2v) is 6.60. The van der Waals surface area contributed by atoms with Gasteiger partial charge < -0.3 is 15.7 Å². The van der Waals surface area contributed by atoms with Gasteiger partial charge in [0, 0.05) is 18.7 Å². The molecule has 0 aliphatic heterocycles. The fraction of sp³-hybridized carbons (Fsp3) is 0.529. The van der Waals surface area contributed by atoms with Crippen LogP contribution in [0.25, 0.3) is 0 Å². The topological polar surface area (TPSA) is 78.4 Å². The molecule has 22 heavy (non-hydrogen) atoms. The lowest BCUT2D eigenvalue weighted by Gasteiger charge is -2.19. The summed E-state index contributed by atoms with van der Waals surface area (Å²) in [5.41, 5.74) is 1.72. The molecule has 0 heterocycles. The summed E-state index contributed by atoms with van der Waals surface area (Å²) in [6.45, 7) is 8.51. The SMILES string of the molecule is CC(CO)CNC(=O)CNC(=O)c1ccc(C(C)(C)C)cc1. The molecule has 3 N–H and O–H groups in total. The Morgan fingerprint density at radius 1 is 1.14 bits per heavy atom. The van der Waals surface area contributed by atoms with E-state index in [1.807, 2.05) is 19.1 Å². The second-order valence-electron chi connectivity index (χ2n) is 6.60. The Bertz CT molecular complexity index is 504. The average molecular weight is 306 g/mol. The van der Waals surface area contributed by atoms with Gasteiger partial charge in [-0.05, 0) is 29.0 Å². The standard InChI is InChI=1S/C17H26N2O3/c1-12(11-20)9-18-15(21)10-19-16(22)13-5-7-14(8-6-13)17(2,3)4/h5-8,12,20H,9-11H2,1-4H3,(H,18,21)(H,19,22). The van der Waals surface area contributed by atoms with Crippen LogP contribution in [0.15, 0.2) is 24.3 Å². The third-order valence-corrected chi connectivity index (χ3v) is 3.38. The third-order valence-electron chi connectivity index (χ3n) is 3.38. The number of nitrogens with one attached hydrogen (secondary N) is 2. The summed E-state index contributed by atoms with van der Waals surface area (Å²) in [4.78, 5) is 23.6. The molecule has 5 nitrogen and oxygen atoms in total. The second kappa shape index (κ2) is 7.94. The average Bonchev–Trinajstić information content (AvgIpc) is 2.49. The Morgan fingerprint density at radius 3 is 2.23 bits per heavy atom. The van der Waals surface area contributed by atoms with Crippen LogP contribution in [0.4, 0.5) is 0 Å². The highest BCUT2D eigenvalue weighted by Gasteiger charge is 2.14. The van der Waals surface area contributed by atoms with Gasteiger partial charge in [-0.25, -0.2) is 0 Å². The molecule has 0 radical (unpaired) electrons. The maximum absolute atomic E-state index is 12.0. The lowest BCUT2D eigenvalue weighted by Crippen LogP contribution is -2.39. The number of hydrogen-bond acceptors (Lipinski definition) is 3. The van der Waals surface area contributed by atoms with Crippen LogP contribution >= 0.6 is 0 Å². The van der Waals surface area contributed by atoms with Crippen molar-refractivity contribution in [2.75, 3.05) is 19.7 Å². The Kier molecular flexibility index (Phi) is 6.56. The van der Waals surface area contributed by atoms with E-state index in [0.29, 0.717) is 12.1 Å². The fourth-order valence-corrected chi connectivity index (χ4v) is 1.80. The molecule has 0 aromatic heterocycles. The summed E-state index contributed by atoms with van der Waals surface area (Å²) in [5.74, 6) is -0.532. The van der Waals surface area contributed by atoms with Gasteiger partial charge in [0.25, 0.3) is 5.91 Å². The minimum atomic E-state index is -0.272. The number of hydrogen-bond donors (Lipinski definition) is 3. The maximum Gasteiger partial charge on any atom is 0.251 e. The predicted molar refractivity (Wildman–Crippen MR) is 86.7 cm³/mol. The van der Waals surface area contributed by atoms with Gasteiger partial charge in [0.15, 0.2) is 0 Å². The molecule has 0 bridgehead atoms. The first-order valence-corrected chi connectivity index (χ1v) is 7.50. The Morgan fingerprint density at radius 2 is 1.73 bits per heavy atom. The summed E-state index contributed by atoms with van der Waals surface area (Å²) in [6, 6.07) is 7.39. The highest BCUT2D eigenvalue weighted by molar-refractivity contribution is 5.96. The number of carbonyl (C=O) groups is 2. The first kappa shape index (κ1) is 18.2. The first-order chi connectivity index (χ1) is 10.2. The van der Waals surface area contributed by atoms with Crippen molar-refractivity contribution < 1.29 is 14.7 Å². The van der Waals surface area contributed by atoms with Crippen molar-refractivity contribution in [2.45, 2.75) is 33.1 Å². The summed E-state index contributed by atoms with van der Waals surface area (Å²) >= 11 is 0. The quantitative estimate of drug-likeness (QED) is 0.744. The van der Waals surface area contributed by atoms with Gasteiger partial charge in [0.05, 0.1) is 6.54 Å². The van der Waals surface area contributed by atoms with Crippen molar-refractivity contribution in [3.05, 3.63) is 35.4 Å². The van der Waals surface area contributed by atoms with Crippen molar-refractivity contribution >= 4 is 11.8 Å². The zero-order valence-corrected chi connectivity index (χ0v) is 13.8. The van der Waals surface area contributed by atoms with E-state index in [0.717, 1.165) is 5.56 Å². The van der Waals surface area contributed by atoms with Crippen LogP contribution in [0.2, 0.25) is 0 Å². The van der Waals surface area contributed by atoms with Gasteiger partial charge >= 0.3 is 0 Å². The van der Waals surface area contributed by atoms with Gasteiger partial charge in [0.1, 0.15) is 0 Å². The van der Waals surface area contributed by atoms with Gasteiger partial charge in [-0.1, -0.05) is 39.8 Å². The van der Waals surface area contributed by atoms with Crippen LogP contribution in [0, 0.1) is 5.92 Å². The van der Waals surface area contributed by atoms with Crippen molar-refractivity contribution in [1.29, 1.82) is 0 Å². The number of aliphatic hydroxyl groups is 1. The third kappa shape index (κ3) is 5.85. The molecule has 5 heteroatoms. The molecule has 1 atom stereocenters. The number of aliphatic hydroxyl groups excluding tert-OH is 1. The van der Waals surface area contributed by atoms with Gasteiger partial charge in [-0.15, -0.1) is 0 Å². The molecule has 0 aliphatic rings. The van der Waals surface area contributed by atoms with Crippen LogP contribution in [-0.2, 0) is 10.2 Å². The van der Waals surface area contributed by atoms with Gasteiger partial charge in [-0.3, -0.25) is 9.59 Å². The van der Waals surface area contributed by atoms with Crippen LogP contribution in [-0.4, -0.2) is 36.6 Å². The normalized spacial score (nSPS) is 12.6. The molecule has 0 spiro atoms. The van der Waals surface area contributed by atoms with E-state index >= 15 is 0 Å². The zero-order chi connectivity index (χ0) is 16.8. The number of benzene rings is 1. The molecule has 1 aromatic carbocycles.